The summed E-state index contributed by atoms with van der Waals surface area (Å²) in [7, 11) is 0. The second kappa shape index (κ2) is 4.70. The number of nitrogens with zero attached hydrogens (tertiary/aromatic N) is 1. The molecule has 82 valence electrons. The van der Waals surface area contributed by atoms with Gasteiger partial charge in [-0.3, -0.25) is 0 Å². The normalized spacial score (nSPS) is 10.1. The molecular formula is C12H9F2NO. The molecule has 0 aliphatic heterocycles. The van der Waals surface area contributed by atoms with E-state index in [1.807, 2.05) is 0 Å². The van der Waals surface area contributed by atoms with E-state index in [4.69, 9.17) is 4.74 Å². The molecule has 16 heavy (non-hydrogen) atoms. The zero-order chi connectivity index (χ0) is 11.4. The summed E-state index contributed by atoms with van der Waals surface area (Å²) in [4.78, 5) is 3.43. The van der Waals surface area contributed by atoms with Crippen LogP contribution in [-0.2, 0) is 6.61 Å². The maximum atomic E-state index is 13.2. The van der Waals surface area contributed by atoms with Crippen molar-refractivity contribution in [2.45, 2.75) is 6.61 Å². The van der Waals surface area contributed by atoms with Gasteiger partial charge in [0, 0.05) is 11.8 Å². The Kier molecular flexibility index (Phi) is 3.10. The van der Waals surface area contributed by atoms with Gasteiger partial charge in [0.05, 0.1) is 0 Å². The van der Waals surface area contributed by atoms with Crippen molar-refractivity contribution in [3.63, 3.8) is 0 Å². The molecule has 0 N–H and O–H groups in total. The molecule has 0 aliphatic rings. The molecule has 0 saturated carbocycles. The van der Waals surface area contributed by atoms with Gasteiger partial charge in [0.15, 0.2) is 5.75 Å². The first-order valence-corrected chi connectivity index (χ1v) is 4.74. The van der Waals surface area contributed by atoms with Crippen molar-refractivity contribution in [1.29, 1.82) is 0 Å². The van der Waals surface area contributed by atoms with Crippen LogP contribution in [-0.4, -0.2) is 4.98 Å². The fourth-order valence-electron chi connectivity index (χ4n) is 1.25. The second-order valence-electron chi connectivity index (χ2n) is 3.17. The highest BCUT2D eigenvalue weighted by molar-refractivity contribution is 5.20. The SMILES string of the molecule is Fc1ccccc1COc1cccnc1F. The predicted molar refractivity (Wildman–Crippen MR) is 54.9 cm³/mol. The maximum absolute atomic E-state index is 13.2. The van der Waals surface area contributed by atoms with Crippen LogP contribution in [0, 0.1) is 11.8 Å². The van der Waals surface area contributed by atoms with Gasteiger partial charge in [0.1, 0.15) is 12.4 Å². The molecule has 0 bridgehead atoms. The number of hydrogen-bond acceptors (Lipinski definition) is 2. The van der Waals surface area contributed by atoms with Crippen LogP contribution < -0.4 is 4.74 Å². The zero-order valence-electron chi connectivity index (χ0n) is 8.36. The van der Waals surface area contributed by atoms with Crippen LogP contribution in [0.2, 0.25) is 0 Å². The third kappa shape index (κ3) is 2.34. The predicted octanol–water partition coefficient (Wildman–Crippen LogP) is 2.94. The Morgan fingerprint density at radius 2 is 1.88 bits per heavy atom. The maximum Gasteiger partial charge on any atom is 0.255 e. The van der Waals surface area contributed by atoms with Crippen molar-refractivity contribution in [1.82, 2.24) is 4.98 Å². The van der Waals surface area contributed by atoms with E-state index in [2.05, 4.69) is 4.98 Å². The van der Waals surface area contributed by atoms with Gasteiger partial charge in [-0.1, -0.05) is 18.2 Å². The van der Waals surface area contributed by atoms with E-state index in [1.54, 1.807) is 24.3 Å². The van der Waals surface area contributed by atoms with Gasteiger partial charge in [0.2, 0.25) is 0 Å². The zero-order valence-corrected chi connectivity index (χ0v) is 8.36. The van der Waals surface area contributed by atoms with Gasteiger partial charge in [-0.15, -0.1) is 0 Å². The molecule has 0 radical (unpaired) electrons. The molecular weight excluding hydrogens is 212 g/mol. The number of aromatic nitrogens is 1. The molecule has 0 spiro atoms. The Hall–Kier alpha value is -1.97. The van der Waals surface area contributed by atoms with E-state index in [0.717, 1.165) is 0 Å². The molecule has 1 aromatic carbocycles. The lowest BCUT2D eigenvalue weighted by Crippen LogP contribution is -2.00. The first kappa shape index (κ1) is 10.5. The quantitative estimate of drug-likeness (QED) is 0.743. The summed E-state index contributed by atoms with van der Waals surface area (Å²) in [6, 6.07) is 9.20. The average molecular weight is 221 g/mol. The minimum Gasteiger partial charge on any atom is -0.484 e. The second-order valence-corrected chi connectivity index (χ2v) is 3.17. The fraction of sp³-hybridized carbons (Fsp3) is 0.0833. The molecule has 1 heterocycles. The molecule has 0 atom stereocenters. The molecule has 0 amide bonds. The summed E-state index contributed by atoms with van der Waals surface area (Å²) in [5.74, 6) is -1.05. The highest BCUT2D eigenvalue weighted by Gasteiger charge is 2.05. The summed E-state index contributed by atoms with van der Waals surface area (Å²) < 4.78 is 31.4. The Labute approximate surface area is 91.5 Å². The molecule has 0 fully saturated rings. The molecule has 2 nitrogen and oxygen atoms in total. The smallest absolute Gasteiger partial charge is 0.255 e. The van der Waals surface area contributed by atoms with Gasteiger partial charge in [-0.05, 0) is 18.2 Å². The Morgan fingerprint density at radius 1 is 1.06 bits per heavy atom. The van der Waals surface area contributed by atoms with Gasteiger partial charge in [-0.2, -0.15) is 4.39 Å². The minimum atomic E-state index is -0.696. The van der Waals surface area contributed by atoms with E-state index in [1.165, 1.54) is 18.3 Å². The standard InChI is InChI=1S/C12H9F2NO/c13-10-5-2-1-4-9(10)8-16-11-6-3-7-15-12(11)14/h1-7H,8H2. The number of hydrogen-bond donors (Lipinski definition) is 0. The first-order valence-electron chi connectivity index (χ1n) is 4.74. The van der Waals surface area contributed by atoms with Crippen molar-refractivity contribution in [2.75, 3.05) is 0 Å². The van der Waals surface area contributed by atoms with E-state index in [0.29, 0.717) is 5.56 Å². The van der Waals surface area contributed by atoms with Crippen molar-refractivity contribution >= 4 is 0 Å². The third-order valence-electron chi connectivity index (χ3n) is 2.07. The highest BCUT2D eigenvalue weighted by Crippen LogP contribution is 2.16. The Morgan fingerprint density at radius 3 is 2.62 bits per heavy atom. The van der Waals surface area contributed by atoms with Gasteiger partial charge in [-0.25, -0.2) is 9.37 Å². The number of pyridine rings is 1. The van der Waals surface area contributed by atoms with Crippen LogP contribution in [0.4, 0.5) is 8.78 Å². The van der Waals surface area contributed by atoms with Crippen molar-refractivity contribution in [3.05, 3.63) is 59.9 Å². The summed E-state index contributed by atoms with van der Waals surface area (Å²) in [5.41, 5.74) is 0.380. The lowest BCUT2D eigenvalue weighted by molar-refractivity contribution is 0.280. The molecule has 2 rings (SSSR count). The first-order chi connectivity index (χ1) is 7.77. The van der Waals surface area contributed by atoms with Gasteiger partial charge < -0.3 is 4.74 Å². The molecule has 1 aromatic heterocycles. The minimum absolute atomic E-state index is 0.0186. The number of benzene rings is 1. The third-order valence-corrected chi connectivity index (χ3v) is 2.07. The van der Waals surface area contributed by atoms with E-state index in [9.17, 15) is 8.78 Å². The molecule has 0 unspecified atom stereocenters. The summed E-state index contributed by atoms with van der Waals surface area (Å²) in [6.45, 7) is -0.0186. The summed E-state index contributed by atoms with van der Waals surface area (Å²) >= 11 is 0. The van der Waals surface area contributed by atoms with Crippen LogP contribution in [0.5, 0.6) is 5.75 Å². The topological polar surface area (TPSA) is 22.1 Å². The van der Waals surface area contributed by atoms with Gasteiger partial charge in [0.25, 0.3) is 5.95 Å². The van der Waals surface area contributed by atoms with Crippen LogP contribution in [0.1, 0.15) is 5.56 Å². The van der Waals surface area contributed by atoms with Crippen LogP contribution in [0.15, 0.2) is 42.6 Å². The fourth-order valence-corrected chi connectivity index (χ4v) is 1.25. The Bertz CT molecular complexity index is 442. The van der Waals surface area contributed by atoms with Crippen LogP contribution >= 0.6 is 0 Å². The largest absolute Gasteiger partial charge is 0.484 e. The summed E-state index contributed by atoms with van der Waals surface area (Å²) in [6.07, 6.45) is 1.32. The van der Waals surface area contributed by atoms with E-state index >= 15 is 0 Å². The van der Waals surface area contributed by atoms with Crippen LogP contribution in [0.25, 0.3) is 0 Å². The number of rotatable bonds is 3. The molecule has 2 aromatic rings. The monoisotopic (exact) mass is 221 g/mol. The number of ether oxygens (including phenoxy) is 1. The highest BCUT2D eigenvalue weighted by atomic mass is 19.1. The molecule has 0 aliphatic carbocycles. The molecule has 4 heteroatoms. The van der Waals surface area contributed by atoms with E-state index in [-0.39, 0.29) is 18.2 Å². The summed E-state index contributed by atoms with van der Waals surface area (Å²) in [5, 5.41) is 0. The van der Waals surface area contributed by atoms with Gasteiger partial charge >= 0.3 is 0 Å². The average Bonchev–Trinajstić information content (AvgIpc) is 2.30. The number of halogens is 2. The van der Waals surface area contributed by atoms with E-state index < -0.39 is 5.95 Å². The lowest BCUT2D eigenvalue weighted by atomic mass is 10.2. The van der Waals surface area contributed by atoms with Crippen molar-refractivity contribution < 1.29 is 13.5 Å². The van der Waals surface area contributed by atoms with Crippen molar-refractivity contribution in [2.24, 2.45) is 0 Å². The van der Waals surface area contributed by atoms with Crippen molar-refractivity contribution in [3.8, 4) is 5.75 Å². The Balaban J connectivity index is 2.09. The molecule has 0 saturated heterocycles. The lowest BCUT2D eigenvalue weighted by Gasteiger charge is -2.06. The van der Waals surface area contributed by atoms with Crippen LogP contribution in [0.3, 0.4) is 0 Å².